The molecule has 3 aromatic carbocycles. The number of imidazole rings is 1. The second-order valence-corrected chi connectivity index (χ2v) is 7.61. The third-order valence-corrected chi connectivity index (χ3v) is 5.36. The third-order valence-electron chi connectivity index (χ3n) is 4.77. The first kappa shape index (κ1) is 20.6. The van der Waals surface area contributed by atoms with Gasteiger partial charge in [0.1, 0.15) is 6.07 Å². The Hall–Kier alpha value is -3.66. The molecule has 0 atom stereocenters. The van der Waals surface area contributed by atoms with Crippen LogP contribution in [0, 0.1) is 21.4 Å². The minimum Gasteiger partial charge on any atom is -0.319 e. The highest BCUT2D eigenvalue weighted by Crippen LogP contribution is 2.28. The second kappa shape index (κ2) is 8.60. The molecule has 0 spiro atoms. The molecule has 0 N–H and O–H groups in total. The molecule has 0 aliphatic rings. The van der Waals surface area contributed by atoms with Crippen molar-refractivity contribution < 1.29 is 4.92 Å². The maximum Gasteiger partial charge on any atom is 0.269 e. The molecule has 0 bridgehead atoms. The summed E-state index contributed by atoms with van der Waals surface area (Å²) in [6, 6.07) is 21.1. The van der Waals surface area contributed by atoms with E-state index < -0.39 is 4.92 Å². The van der Waals surface area contributed by atoms with Gasteiger partial charge in [-0.05, 0) is 53.6 Å². The van der Waals surface area contributed by atoms with E-state index in [1.165, 1.54) is 12.1 Å². The zero-order valence-electron chi connectivity index (χ0n) is 16.0. The average molecular weight is 449 g/mol. The first-order valence-corrected chi connectivity index (χ1v) is 9.97. The Kier molecular flexibility index (Phi) is 5.72. The van der Waals surface area contributed by atoms with E-state index in [9.17, 15) is 15.4 Å². The Morgan fingerprint density at radius 3 is 2.55 bits per heavy atom. The van der Waals surface area contributed by atoms with E-state index >= 15 is 0 Å². The summed E-state index contributed by atoms with van der Waals surface area (Å²) in [5.74, 6) is 0.480. The zero-order valence-corrected chi connectivity index (χ0v) is 17.5. The Labute approximate surface area is 187 Å². The Balaban J connectivity index is 1.83. The number of fused-ring (bicyclic) bond motifs is 1. The van der Waals surface area contributed by atoms with Crippen molar-refractivity contribution in [3.05, 3.63) is 104 Å². The molecule has 0 unspecified atom stereocenters. The lowest BCUT2D eigenvalue weighted by atomic mass is 10.1. The average Bonchev–Trinajstić information content (AvgIpc) is 3.12. The van der Waals surface area contributed by atoms with E-state index in [1.807, 2.05) is 34.9 Å². The highest BCUT2D eigenvalue weighted by Gasteiger charge is 2.16. The van der Waals surface area contributed by atoms with E-state index in [4.69, 9.17) is 23.2 Å². The van der Waals surface area contributed by atoms with Crippen LogP contribution in [0.3, 0.4) is 0 Å². The molecule has 0 saturated carbocycles. The quantitative estimate of drug-likeness (QED) is 0.202. The topological polar surface area (TPSA) is 84.8 Å². The van der Waals surface area contributed by atoms with Crippen molar-refractivity contribution in [2.45, 2.75) is 6.54 Å². The van der Waals surface area contributed by atoms with Gasteiger partial charge >= 0.3 is 0 Å². The summed E-state index contributed by atoms with van der Waals surface area (Å²) in [7, 11) is 0. The van der Waals surface area contributed by atoms with Crippen molar-refractivity contribution in [2.24, 2.45) is 0 Å². The van der Waals surface area contributed by atoms with Crippen molar-refractivity contribution in [3.8, 4) is 6.07 Å². The molecule has 8 heteroatoms. The molecule has 31 heavy (non-hydrogen) atoms. The van der Waals surface area contributed by atoms with Crippen molar-refractivity contribution >= 4 is 51.6 Å². The monoisotopic (exact) mass is 448 g/mol. The molecule has 0 aliphatic carbocycles. The number of rotatable bonds is 5. The van der Waals surface area contributed by atoms with Gasteiger partial charge in [-0.1, -0.05) is 41.4 Å². The van der Waals surface area contributed by atoms with Gasteiger partial charge in [-0.2, -0.15) is 5.26 Å². The number of non-ortho nitro benzene ring substituents is 1. The van der Waals surface area contributed by atoms with Crippen molar-refractivity contribution in [1.29, 1.82) is 5.26 Å². The molecular formula is C23H14Cl2N4O2. The number of hydrogen-bond donors (Lipinski definition) is 0. The molecule has 1 heterocycles. The molecule has 0 fully saturated rings. The molecule has 0 saturated heterocycles. The van der Waals surface area contributed by atoms with Gasteiger partial charge in [-0.3, -0.25) is 10.1 Å². The normalized spacial score (nSPS) is 11.5. The number of nitriles is 1. The lowest BCUT2D eigenvalue weighted by molar-refractivity contribution is -0.384. The molecule has 1 aromatic heterocycles. The minimum atomic E-state index is -0.464. The maximum atomic E-state index is 10.9. The van der Waals surface area contributed by atoms with Gasteiger partial charge < -0.3 is 4.57 Å². The van der Waals surface area contributed by atoms with Crippen LogP contribution < -0.4 is 0 Å². The first-order valence-electron chi connectivity index (χ1n) is 9.22. The van der Waals surface area contributed by atoms with Gasteiger partial charge in [-0.25, -0.2) is 4.98 Å². The molecule has 152 valence electrons. The number of halogens is 2. The van der Waals surface area contributed by atoms with Gasteiger partial charge in [0.2, 0.25) is 0 Å². The SMILES string of the molecule is N#C/C(=C\c1ccc([N+](=O)[O-])cc1)c1nc2ccccc2n1Cc1ccc(Cl)cc1Cl. The van der Waals surface area contributed by atoms with Gasteiger partial charge in [0.25, 0.3) is 5.69 Å². The molecule has 6 nitrogen and oxygen atoms in total. The molecule has 0 radical (unpaired) electrons. The summed E-state index contributed by atoms with van der Waals surface area (Å²) >= 11 is 12.4. The fourth-order valence-electron chi connectivity index (χ4n) is 3.27. The van der Waals surface area contributed by atoms with Crippen molar-refractivity contribution in [1.82, 2.24) is 9.55 Å². The number of allylic oxidation sites excluding steroid dienone is 1. The predicted molar refractivity (Wildman–Crippen MR) is 122 cm³/mol. The van der Waals surface area contributed by atoms with E-state index in [0.717, 1.165) is 16.6 Å². The number of nitro groups is 1. The Morgan fingerprint density at radius 1 is 1.13 bits per heavy atom. The lowest BCUT2D eigenvalue weighted by Crippen LogP contribution is -2.05. The van der Waals surface area contributed by atoms with Crippen LogP contribution in [0.15, 0.2) is 66.7 Å². The van der Waals surface area contributed by atoms with Crippen LogP contribution in [-0.2, 0) is 6.54 Å². The molecular weight excluding hydrogens is 435 g/mol. The predicted octanol–water partition coefficient (Wildman–Crippen LogP) is 6.36. The van der Waals surface area contributed by atoms with Crippen LogP contribution in [0.25, 0.3) is 22.7 Å². The third kappa shape index (κ3) is 4.29. The number of nitro benzene ring substituents is 1. The zero-order chi connectivity index (χ0) is 22.0. The van der Waals surface area contributed by atoms with Crippen molar-refractivity contribution in [3.63, 3.8) is 0 Å². The van der Waals surface area contributed by atoms with E-state index in [0.29, 0.717) is 33.6 Å². The Morgan fingerprint density at radius 2 is 1.87 bits per heavy atom. The minimum absolute atomic E-state index is 0.0136. The van der Waals surface area contributed by atoms with Crippen LogP contribution in [0.2, 0.25) is 10.0 Å². The van der Waals surface area contributed by atoms with Crippen LogP contribution >= 0.6 is 23.2 Å². The number of benzene rings is 3. The summed E-state index contributed by atoms with van der Waals surface area (Å²) in [4.78, 5) is 15.1. The van der Waals surface area contributed by atoms with Gasteiger partial charge in [0, 0.05) is 22.2 Å². The number of hydrogen-bond acceptors (Lipinski definition) is 4. The fraction of sp³-hybridized carbons (Fsp3) is 0.0435. The molecule has 4 aromatic rings. The highest BCUT2D eigenvalue weighted by molar-refractivity contribution is 6.35. The lowest BCUT2D eigenvalue weighted by Gasteiger charge is -2.11. The summed E-state index contributed by atoms with van der Waals surface area (Å²) in [5, 5.41) is 21.8. The van der Waals surface area contributed by atoms with Crippen LogP contribution in [0.5, 0.6) is 0 Å². The van der Waals surface area contributed by atoms with Crippen molar-refractivity contribution in [2.75, 3.05) is 0 Å². The second-order valence-electron chi connectivity index (χ2n) is 6.76. The molecule has 4 rings (SSSR count). The van der Waals surface area contributed by atoms with Crippen LogP contribution in [0.4, 0.5) is 5.69 Å². The van der Waals surface area contributed by atoms with Crippen LogP contribution in [-0.4, -0.2) is 14.5 Å². The smallest absolute Gasteiger partial charge is 0.269 e. The van der Waals surface area contributed by atoms with E-state index in [2.05, 4.69) is 11.1 Å². The van der Waals surface area contributed by atoms with E-state index in [-0.39, 0.29) is 5.69 Å². The standard InChI is InChI=1S/C23H14Cl2N4O2/c24-18-8-7-16(20(25)12-18)14-28-22-4-2-1-3-21(22)27-23(28)17(13-26)11-15-5-9-19(10-6-15)29(30)31/h1-12H,14H2/b17-11+. The van der Waals surface area contributed by atoms with Crippen LogP contribution in [0.1, 0.15) is 17.0 Å². The summed E-state index contributed by atoms with van der Waals surface area (Å²) < 4.78 is 1.92. The number of aromatic nitrogens is 2. The van der Waals surface area contributed by atoms with E-state index in [1.54, 1.807) is 30.3 Å². The van der Waals surface area contributed by atoms with Gasteiger partial charge in [0.05, 0.1) is 28.1 Å². The largest absolute Gasteiger partial charge is 0.319 e. The summed E-state index contributed by atoms with van der Waals surface area (Å²) in [5.41, 5.74) is 3.41. The molecule has 0 amide bonds. The van der Waals surface area contributed by atoms with Gasteiger partial charge in [-0.15, -0.1) is 0 Å². The maximum absolute atomic E-state index is 10.9. The molecule has 0 aliphatic heterocycles. The first-order chi connectivity index (χ1) is 15.0. The van der Waals surface area contributed by atoms with Gasteiger partial charge in [0.15, 0.2) is 5.82 Å². The summed E-state index contributed by atoms with van der Waals surface area (Å²) in [6.07, 6.45) is 1.66. The number of para-hydroxylation sites is 2. The summed E-state index contributed by atoms with van der Waals surface area (Å²) in [6.45, 7) is 0.394. The highest BCUT2D eigenvalue weighted by atomic mass is 35.5. The Bertz CT molecular complexity index is 1370. The fourth-order valence-corrected chi connectivity index (χ4v) is 3.74. The number of nitrogens with zero attached hydrogens (tertiary/aromatic N) is 4.